The highest BCUT2D eigenvalue weighted by Gasteiger charge is 2.31. The third-order valence-electron chi connectivity index (χ3n) is 8.30. The number of hydrogen-bond acceptors (Lipinski definition) is 2. The van der Waals surface area contributed by atoms with E-state index in [9.17, 15) is 0 Å². The van der Waals surface area contributed by atoms with Crippen molar-refractivity contribution in [3.05, 3.63) is 47.8 Å². The van der Waals surface area contributed by atoms with E-state index in [0.29, 0.717) is 0 Å². The first kappa shape index (κ1) is 22.5. The van der Waals surface area contributed by atoms with E-state index in [4.69, 9.17) is 0 Å². The summed E-state index contributed by atoms with van der Waals surface area (Å²) in [6.45, 7) is 4.46. The Labute approximate surface area is 190 Å². The molecule has 0 spiro atoms. The molecule has 0 radical (unpaired) electrons. The molecule has 1 aromatic carbocycles. The van der Waals surface area contributed by atoms with E-state index in [1.165, 1.54) is 88.2 Å². The molecule has 31 heavy (non-hydrogen) atoms. The Morgan fingerprint density at radius 1 is 0.742 bits per heavy atom. The molecular formula is C29H42N2. The first-order chi connectivity index (χ1) is 15.3. The van der Waals surface area contributed by atoms with Gasteiger partial charge in [0.1, 0.15) is 0 Å². The predicted octanol–water partition coefficient (Wildman–Crippen LogP) is 8.37. The average Bonchev–Trinajstić information content (AvgIpc) is 2.85. The number of rotatable bonds is 8. The van der Waals surface area contributed by atoms with Gasteiger partial charge < -0.3 is 0 Å². The van der Waals surface area contributed by atoms with Crippen LogP contribution < -0.4 is 0 Å². The summed E-state index contributed by atoms with van der Waals surface area (Å²) in [6.07, 6.45) is 22.3. The number of hydrogen-bond donors (Lipinski definition) is 0. The molecule has 2 aromatic rings. The van der Waals surface area contributed by atoms with Gasteiger partial charge >= 0.3 is 0 Å². The van der Waals surface area contributed by atoms with Crippen LogP contribution in [0, 0.1) is 17.8 Å². The molecule has 1 heterocycles. The fourth-order valence-corrected chi connectivity index (χ4v) is 6.15. The van der Waals surface area contributed by atoms with Crippen molar-refractivity contribution in [3.63, 3.8) is 0 Å². The molecule has 2 saturated carbocycles. The van der Waals surface area contributed by atoms with Crippen LogP contribution >= 0.6 is 0 Å². The zero-order valence-electron chi connectivity index (χ0n) is 19.9. The molecule has 0 unspecified atom stereocenters. The van der Waals surface area contributed by atoms with Crippen LogP contribution in [0.1, 0.15) is 108 Å². The second kappa shape index (κ2) is 11.2. The highest BCUT2D eigenvalue weighted by Crippen LogP contribution is 2.44. The summed E-state index contributed by atoms with van der Waals surface area (Å²) in [7, 11) is 0. The van der Waals surface area contributed by atoms with E-state index in [1.807, 2.05) is 12.4 Å². The maximum Gasteiger partial charge on any atom is 0.159 e. The molecule has 2 aliphatic rings. The predicted molar refractivity (Wildman–Crippen MR) is 131 cm³/mol. The molecule has 0 aliphatic heterocycles. The summed E-state index contributed by atoms with van der Waals surface area (Å²) < 4.78 is 0. The third kappa shape index (κ3) is 5.96. The van der Waals surface area contributed by atoms with Gasteiger partial charge in [-0.2, -0.15) is 0 Å². The SMILES string of the molecule is CCCCCC1CCC(C2CCC(c3ccc(-c4ncc(CC)cn4)cc3)CC2)CC1. The van der Waals surface area contributed by atoms with Gasteiger partial charge in [0.2, 0.25) is 0 Å². The fourth-order valence-electron chi connectivity index (χ4n) is 6.15. The minimum atomic E-state index is 0.749. The third-order valence-corrected chi connectivity index (χ3v) is 8.30. The summed E-state index contributed by atoms with van der Waals surface area (Å²) in [5.74, 6) is 4.66. The van der Waals surface area contributed by atoms with Gasteiger partial charge in [-0.15, -0.1) is 0 Å². The van der Waals surface area contributed by atoms with E-state index in [0.717, 1.165) is 41.5 Å². The molecule has 2 nitrogen and oxygen atoms in total. The normalized spacial score (nSPS) is 26.6. The Hall–Kier alpha value is -1.70. The van der Waals surface area contributed by atoms with Gasteiger partial charge in [-0.1, -0.05) is 76.6 Å². The second-order valence-corrected chi connectivity index (χ2v) is 10.3. The second-order valence-electron chi connectivity index (χ2n) is 10.3. The highest BCUT2D eigenvalue weighted by molar-refractivity contribution is 5.55. The van der Waals surface area contributed by atoms with E-state index in [-0.39, 0.29) is 0 Å². The van der Waals surface area contributed by atoms with Crippen molar-refractivity contribution >= 4 is 0 Å². The van der Waals surface area contributed by atoms with Crippen LogP contribution in [0.3, 0.4) is 0 Å². The molecule has 168 valence electrons. The fraction of sp³-hybridized carbons (Fsp3) is 0.655. The molecule has 4 rings (SSSR count). The lowest BCUT2D eigenvalue weighted by Gasteiger charge is -2.38. The Bertz CT molecular complexity index is 763. The summed E-state index contributed by atoms with van der Waals surface area (Å²) in [5, 5.41) is 0. The molecule has 2 heteroatoms. The van der Waals surface area contributed by atoms with Crippen LogP contribution in [0.4, 0.5) is 0 Å². The minimum absolute atomic E-state index is 0.749. The molecular weight excluding hydrogens is 376 g/mol. The van der Waals surface area contributed by atoms with Gasteiger partial charge in [0, 0.05) is 18.0 Å². The first-order valence-corrected chi connectivity index (χ1v) is 13.2. The standard InChI is InChI=1S/C29H42N2/c1-3-5-6-7-23-8-10-24(11-9-23)25-12-14-26(15-13-25)27-16-18-28(19-17-27)29-30-20-22(4-2)21-31-29/h16-21,23-26H,3-15H2,1-2H3. The van der Waals surface area contributed by atoms with Crippen LogP contribution in [-0.4, -0.2) is 9.97 Å². The van der Waals surface area contributed by atoms with Crippen molar-refractivity contribution in [2.75, 3.05) is 0 Å². The van der Waals surface area contributed by atoms with Crippen LogP contribution in [0.2, 0.25) is 0 Å². The molecule has 0 amide bonds. The van der Waals surface area contributed by atoms with Crippen molar-refractivity contribution in [2.24, 2.45) is 17.8 Å². The topological polar surface area (TPSA) is 25.8 Å². The lowest BCUT2D eigenvalue weighted by atomic mass is 9.68. The number of nitrogens with zero attached hydrogens (tertiary/aromatic N) is 2. The minimum Gasteiger partial charge on any atom is -0.236 e. The van der Waals surface area contributed by atoms with Crippen molar-refractivity contribution < 1.29 is 0 Å². The monoisotopic (exact) mass is 418 g/mol. The molecule has 1 aromatic heterocycles. The number of benzene rings is 1. The van der Waals surface area contributed by atoms with Crippen molar-refractivity contribution in [3.8, 4) is 11.4 Å². The summed E-state index contributed by atoms with van der Waals surface area (Å²) in [4.78, 5) is 9.08. The van der Waals surface area contributed by atoms with Crippen molar-refractivity contribution in [2.45, 2.75) is 103 Å². The molecule has 0 atom stereocenters. The molecule has 0 N–H and O–H groups in total. The van der Waals surface area contributed by atoms with Gasteiger partial charge in [-0.3, -0.25) is 0 Å². The maximum atomic E-state index is 4.54. The summed E-state index contributed by atoms with van der Waals surface area (Å²) >= 11 is 0. The smallest absolute Gasteiger partial charge is 0.159 e. The maximum absolute atomic E-state index is 4.54. The zero-order valence-corrected chi connectivity index (χ0v) is 19.9. The van der Waals surface area contributed by atoms with Gasteiger partial charge in [-0.25, -0.2) is 9.97 Å². The Morgan fingerprint density at radius 2 is 1.35 bits per heavy atom. The quantitative estimate of drug-likeness (QED) is 0.402. The van der Waals surface area contributed by atoms with E-state index < -0.39 is 0 Å². The summed E-state index contributed by atoms with van der Waals surface area (Å²) in [6, 6.07) is 9.11. The van der Waals surface area contributed by atoms with Crippen molar-refractivity contribution in [1.82, 2.24) is 9.97 Å². The average molecular weight is 419 g/mol. The van der Waals surface area contributed by atoms with E-state index in [2.05, 4.69) is 48.1 Å². The van der Waals surface area contributed by atoms with Crippen LogP contribution in [0.25, 0.3) is 11.4 Å². The van der Waals surface area contributed by atoms with Crippen LogP contribution in [0.15, 0.2) is 36.7 Å². The number of aromatic nitrogens is 2. The molecule has 0 bridgehead atoms. The largest absolute Gasteiger partial charge is 0.236 e. The first-order valence-electron chi connectivity index (χ1n) is 13.2. The molecule has 0 saturated heterocycles. The number of aryl methyl sites for hydroxylation is 1. The van der Waals surface area contributed by atoms with Crippen LogP contribution in [-0.2, 0) is 6.42 Å². The van der Waals surface area contributed by atoms with Gasteiger partial charge in [-0.05, 0) is 79.7 Å². The lowest BCUT2D eigenvalue weighted by Crippen LogP contribution is -2.25. The summed E-state index contributed by atoms with van der Waals surface area (Å²) in [5.41, 5.74) is 3.85. The van der Waals surface area contributed by atoms with Crippen molar-refractivity contribution in [1.29, 1.82) is 0 Å². The van der Waals surface area contributed by atoms with E-state index >= 15 is 0 Å². The Balaban J connectivity index is 1.24. The zero-order chi connectivity index (χ0) is 21.5. The lowest BCUT2D eigenvalue weighted by molar-refractivity contribution is 0.155. The van der Waals surface area contributed by atoms with Gasteiger partial charge in [0.15, 0.2) is 5.82 Å². The highest BCUT2D eigenvalue weighted by atomic mass is 14.9. The molecule has 2 fully saturated rings. The van der Waals surface area contributed by atoms with Gasteiger partial charge in [0.05, 0.1) is 0 Å². The van der Waals surface area contributed by atoms with Crippen LogP contribution in [0.5, 0.6) is 0 Å². The Morgan fingerprint density at radius 3 is 1.94 bits per heavy atom. The Kier molecular flexibility index (Phi) is 8.16. The number of unbranched alkanes of at least 4 members (excludes halogenated alkanes) is 2. The molecule has 2 aliphatic carbocycles. The van der Waals surface area contributed by atoms with Gasteiger partial charge in [0.25, 0.3) is 0 Å². The van der Waals surface area contributed by atoms with E-state index in [1.54, 1.807) is 0 Å².